The zero-order chi connectivity index (χ0) is 21.2. The van der Waals surface area contributed by atoms with E-state index in [0.717, 1.165) is 33.6 Å². The lowest BCUT2D eigenvalue weighted by Gasteiger charge is -2.07. The van der Waals surface area contributed by atoms with E-state index in [4.69, 9.17) is 0 Å². The zero-order valence-corrected chi connectivity index (χ0v) is 19.4. The molecule has 8 heteroatoms. The third-order valence-corrected chi connectivity index (χ3v) is 8.27. The minimum atomic E-state index is -3.51. The van der Waals surface area contributed by atoms with Crippen LogP contribution in [0.1, 0.15) is 28.4 Å². The third kappa shape index (κ3) is 4.49. The standard InChI is InChI=1S/C21H24N2O3S3/c1-5-29(25,26)18-9-7-6-8-16(18)20(24)22-21-23(10-11-27-4)17-13-14(2)12-15(3)19(17)28-21/h6-9,12-13H,5,10-11H2,1-4H3. The molecule has 3 rings (SSSR count). The lowest BCUT2D eigenvalue weighted by atomic mass is 10.1. The first-order valence-electron chi connectivity index (χ1n) is 9.29. The predicted molar refractivity (Wildman–Crippen MR) is 122 cm³/mol. The summed E-state index contributed by atoms with van der Waals surface area (Å²) in [7, 11) is -3.51. The average molecular weight is 449 g/mol. The molecule has 0 atom stereocenters. The van der Waals surface area contributed by atoms with Crippen molar-refractivity contribution in [2.45, 2.75) is 32.2 Å². The van der Waals surface area contributed by atoms with Crippen LogP contribution in [0.3, 0.4) is 0 Å². The number of nitrogens with zero attached hydrogens (tertiary/aromatic N) is 2. The minimum Gasteiger partial charge on any atom is -0.315 e. The third-order valence-electron chi connectivity index (χ3n) is 4.66. The maximum Gasteiger partial charge on any atom is 0.280 e. The molecule has 1 amide bonds. The summed E-state index contributed by atoms with van der Waals surface area (Å²) >= 11 is 3.20. The number of amides is 1. The lowest BCUT2D eigenvalue weighted by Crippen LogP contribution is -2.19. The van der Waals surface area contributed by atoms with Gasteiger partial charge in [-0.1, -0.05) is 36.5 Å². The summed E-state index contributed by atoms with van der Waals surface area (Å²) in [4.78, 5) is 18.0. The monoisotopic (exact) mass is 448 g/mol. The largest absolute Gasteiger partial charge is 0.315 e. The number of carbonyl (C=O) groups excluding carboxylic acids is 1. The molecule has 154 valence electrons. The number of aromatic nitrogens is 1. The topological polar surface area (TPSA) is 68.5 Å². The fourth-order valence-electron chi connectivity index (χ4n) is 3.21. The summed E-state index contributed by atoms with van der Waals surface area (Å²) in [6.07, 6.45) is 2.04. The number of hydrogen-bond donors (Lipinski definition) is 0. The maximum atomic E-state index is 13.0. The first-order valence-corrected chi connectivity index (χ1v) is 13.1. The van der Waals surface area contributed by atoms with Crippen LogP contribution >= 0.6 is 23.1 Å². The molecule has 3 aromatic rings. The molecule has 29 heavy (non-hydrogen) atoms. The molecule has 0 radical (unpaired) electrons. The van der Waals surface area contributed by atoms with E-state index in [1.807, 2.05) is 6.26 Å². The van der Waals surface area contributed by atoms with Crippen molar-refractivity contribution in [1.29, 1.82) is 0 Å². The highest BCUT2D eigenvalue weighted by Gasteiger charge is 2.20. The van der Waals surface area contributed by atoms with Crippen LogP contribution in [-0.4, -0.2) is 36.7 Å². The highest BCUT2D eigenvalue weighted by molar-refractivity contribution is 7.98. The molecule has 0 N–H and O–H groups in total. The number of carbonyl (C=O) groups is 1. The SMILES string of the molecule is CCS(=O)(=O)c1ccccc1C(=O)N=c1sc2c(C)cc(C)cc2n1CCSC. The van der Waals surface area contributed by atoms with E-state index in [1.54, 1.807) is 30.8 Å². The molecular weight excluding hydrogens is 424 g/mol. The molecule has 0 saturated carbocycles. The highest BCUT2D eigenvalue weighted by atomic mass is 32.2. The van der Waals surface area contributed by atoms with Crippen molar-refractivity contribution in [2.75, 3.05) is 17.8 Å². The molecule has 0 aliphatic heterocycles. The first-order chi connectivity index (χ1) is 13.8. The molecular formula is C21H24N2O3S3. The van der Waals surface area contributed by atoms with Gasteiger partial charge in [-0.05, 0) is 49.4 Å². The predicted octanol–water partition coefficient (Wildman–Crippen LogP) is 4.22. The zero-order valence-electron chi connectivity index (χ0n) is 16.9. The van der Waals surface area contributed by atoms with Gasteiger partial charge in [0.1, 0.15) is 0 Å². The van der Waals surface area contributed by atoms with Crippen molar-refractivity contribution in [3.8, 4) is 0 Å². The molecule has 0 spiro atoms. The van der Waals surface area contributed by atoms with Crippen molar-refractivity contribution in [3.05, 3.63) is 57.9 Å². The Morgan fingerprint density at radius 3 is 2.62 bits per heavy atom. The van der Waals surface area contributed by atoms with E-state index in [1.165, 1.54) is 23.5 Å². The van der Waals surface area contributed by atoms with E-state index in [2.05, 4.69) is 35.5 Å². The Balaban J connectivity index is 2.21. The van der Waals surface area contributed by atoms with Crippen molar-refractivity contribution in [2.24, 2.45) is 4.99 Å². The van der Waals surface area contributed by atoms with Crippen LogP contribution in [0.2, 0.25) is 0 Å². The quantitative estimate of drug-likeness (QED) is 0.566. The Kier molecular flexibility index (Phi) is 6.65. The van der Waals surface area contributed by atoms with Crippen molar-refractivity contribution < 1.29 is 13.2 Å². The van der Waals surface area contributed by atoms with Gasteiger partial charge in [0.15, 0.2) is 14.6 Å². The van der Waals surface area contributed by atoms with Crippen molar-refractivity contribution >= 4 is 49.1 Å². The number of fused-ring (bicyclic) bond motifs is 1. The molecule has 0 aliphatic carbocycles. The van der Waals surface area contributed by atoms with Crippen molar-refractivity contribution in [1.82, 2.24) is 4.57 Å². The molecule has 1 heterocycles. The Labute approximate surface area is 179 Å². The van der Waals surface area contributed by atoms with Gasteiger partial charge in [0.05, 0.1) is 26.4 Å². The summed E-state index contributed by atoms with van der Waals surface area (Å²) in [5.74, 6) is 0.296. The number of thiazole rings is 1. The summed E-state index contributed by atoms with van der Waals surface area (Å²) in [5, 5.41) is 0. The van der Waals surface area contributed by atoms with Crippen LogP contribution in [0.5, 0.6) is 0 Å². The molecule has 0 unspecified atom stereocenters. The van der Waals surface area contributed by atoms with Crippen LogP contribution in [-0.2, 0) is 16.4 Å². The van der Waals surface area contributed by atoms with Gasteiger partial charge in [-0.3, -0.25) is 4.79 Å². The Hall–Kier alpha value is -1.90. The van der Waals surface area contributed by atoms with Gasteiger partial charge in [0.25, 0.3) is 5.91 Å². The van der Waals surface area contributed by atoms with E-state index < -0.39 is 15.7 Å². The van der Waals surface area contributed by atoms with E-state index in [-0.39, 0.29) is 16.2 Å². The van der Waals surface area contributed by atoms with Crippen LogP contribution in [0.4, 0.5) is 0 Å². The van der Waals surface area contributed by atoms with E-state index in [0.29, 0.717) is 4.80 Å². The van der Waals surface area contributed by atoms with Crippen molar-refractivity contribution in [3.63, 3.8) is 0 Å². The number of sulfone groups is 1. The molecule has 0 aliphatic rings. The van der Waals surface area contributed by atoms with Crippen LogP contribution in [0.25, 0.3) is 10.2 Å². The fourth-order valence-corrected chi connectivity index (χ4v) is 5.77. The number of benzene rings is 2. The smallest absolute Gasteiger partial charge is 0.280 e. The van der Waals surface area contributed by atoms with Gasteiger partial charge < -0.3 is 4.57 Å². The molecule has 0 fully saturated rings. The number of hydrogen-bond acceptors (Lipinski definition) is 5. The van der Waals surface area contributed by atoms with Gasteiger partial charge in [0, 0.05) is 12.3 Å². The molecule has 5 nitrogen and oxygen atoms in total. The highest BCUT2D eigenvalue weighted by Crippen LogP contribution is 2.24. The summed E-state index contributed by atoms with van der Waals surface area (Å²) in [6.45, 7) is 6.41. The summed E-state index contributed by atoms with van der Waals surface area (Å²) in [6, 6.07) is 10.5. The van der Waals surface area contributed by atoms with Crippen LogP contribution < -0.4 is 4.80 Å². The van der Waals surface area contributed by atoms with E-state index in [9.17, 15) is 13.2 Å². The summed E-state index contributed by atoms with van der Waals surface area (Å²) < 4.78 is 28.0. The Morgan fingerprint density at radius 1 is 1.21 bits per heavy atom. The maximum absolute atomic E-state index is 13.0. The Bertz CT molecular complexity index is 1240. The lowest BCUT2D eigenvalue weighted by molar-refractivity contribution is 0.0994. The van der Waals surface area contributed by atoms with Gasteiger partial charge in [-0.25, -0.2) is 8.42 Å². The van der Waals surface area contributed by atoms with Gasteiger partial charge in [-0.15, -0.1) is 0 Å². The van der Waals surface area contributed by atoms with Crippen LogP contribution in [0, 0.1) is 13.8 Å². The van der Waals surface area contributed by atoms with Gasteiger partial charge in [0.2, 0.25) is 0 Å². The molecule has 1 aromatic heterocycles. The molecule has 0 saturated heterocycles. The number of aryl methyl sites for hydroxylation is 3. The number of thioether (sulfide) groups is 1. The second-order valence-corrected chi connectivity index (χ2v) is 11.0. The normalized spacial score (nSPS) is 12.6. The van der Waals surface area contributed by atoms with Gasteiger partial charge in [-0.2, -0.15) is 16.8 Å². The van der Waals surface area contributed by atoms with E-state index >= 15 is 0 Å². The first kappa shape index (κ1) is 21.8. The Morgan fingerprint density at radius 2 is 1.93 bits per heavy atom. The summed E-state index contributed by atoms with van der Waals surface area (Å²) in [5.41, 5.74) is 3.48. The minimum absolute atomic E-state index is 0.0417. The van der Waals surface area contributed by atoms with Gasteiger partial charge >= 0.3 is 0 Å². The average Bonchev–Trinajstić information content (AvgIpc) is 3.03. The second kappa shape index (κ2) is 8.85. The van der Waals surface area contributed by atoms with Crippen LogP contribution in [0.15, 0.2) is 46.3 Å². The fraction of sp³-hybridized carbons (Fsp3) is 0.333. The molecule has 0 bridgehead atoms. The molecule has 2 aromatic carbocycles. The number of rotatable bonds is 6. The second-order valence-electron chi connectivity index (χ2n) is 6.78.